The van der Waals surface area contributed by atoms with Crippen LogP contribution in [0.1, 0.15) is 0 Å². The van der Waals surface area contributed by atoms with Crippen molar-refractivity contribution in [2.75, 3.05) is 0 Å². The van der Waals surface area contributed by atoms with Crippen LogP contribution in [0.4, 0.5) is 0 Å². The van der Waals surface area contributed by atoms with E-state index in [2.05, 4.69) is 167 Å². The van der Waals surface area contributed by atoms with Crippen molar-refractivity contribution in [1.29, 1.82) is 0 Å². The Morgan fingerprint density at radius 3 is 1.50 bits per heavy atom. The third-order valence-corrected chi connectivity index (χ3v) is 10.3. The molecule has 0 saturated carbocycles. The van der Waals surface area contributed by atoms with Gasteiger partial charge in [0.1, 0.15) is 5.65 Å². The zero-order valence-corrected chi connectivity index (χ0v) is 25.9. The molecule has 3 nitrogen and oxygen atoms in total. The highest BCUT2D eigenvalue weighted by Crippen LogP contribution is 2.49. The van der Waals surface area contributed by atoms with Gasteiger partial charge in [-0.2, -0.15) is 0 Å². The molecule has 3 heteroatoms. The van der Waals surface area contributed by atoms with Crippen molar-refractivity contribution in [3.05, 3.63) is 164 Å². The van der Waals surface area contributed by atoms with E-state index in [1.165, 1.54) is 82.2 Å². The lowest BCUT2D eigenvalue weighted by molar-refractivity contribution is 1.14. The summed E-state index contributed by atoms with van der Waals surface area (Å²) in [7, 11) is 0. The highest BCUT2D eigenvalue weighted by molar-refractivity contribution is 6.29. The van der Waals surface area contributed by atoms with E-state index in [0.29, 0.717) is 0 Å². The average Bonchev–Trinajstić information content (AvgIpc) is 3.64. The number of rotatable bonds is 3. The molecular weight excluding hydrogens is 583 g/mol. The van der Waals surface area contributed by atoms with Gasteiger partial charge in [-0.3, -0.25) is 4.57 Å². The fourth-order valence-electron chi connectivity index (χ4n) is 8.24. The quantitative estimate of drug-likeness (QED) is 0.195. The summed E-state index contributed by atoms with van der Waals surface area (Å²) >= 11 is 0. The lowest BCUT2D eigenvalue weighted by Crippen LogP contribution is -1.96. The van der Waals surface area contributed by atoms with E-state index in [9.17, 15) is 0 Å². The van der Waals surface area contributed by atoms with E-state index in [-0.39, 0.29) is 0 Å². The molecule has 0 N–H and O–H groups in total. The molecule has 1 aliphatic rings. The maximum atomic E-state index is 5.11. The molecule has 0 spiro atoms. The lowest BCUT2D eigenvalue weighted by atomic mass is 9.94. The second-order valence-electron chi connectivity index (χ2n) is 12.8. The fourth-order valence-corrected chi connectivity index (χ4v) is 8.24. The smallest absolute Gasteiger partial charge is 0.146 e. The van der Waals surface area contributed by atoms with E-state index in [0.717, 1.165) is 17.0 Å². The molecule has 1 aliphatic carbocycles. The van der Waals surface area contributed by atoms with Gasteiger partial charge < -0.3 is 4.57 Å². The fraction of sp³-hybridized carbons (Fsp3) is 0. The van der Waals surface area contributed by atoms with Crippen LogP contribution < -0.4 is 0 Å². The van der Waals surface area contributed by atoms with Crippen molar-refractivity contribution in [3.63, 3.8) is 0 Å². The third kappa shape index (κ3) is 3.40. The first kappa shape index (κ1) is 25.7. The molecule has 3 heterocycles. The van der Waals surface area contributed by atoms with Crippen molar-refractivity contribution in [1.82, 2.24) is 14.1 Å². The van der Waals surface area contributed by atoms with Gasteiger partial charge in [-0.15, -0.1) is 0 Å². The first-order chi connectivity index (χ1) is 23.8. The molecule has 48 heavy (non-hydrogen) atoms. The van der Waals surface area contributed by atoms with Crippen LogP contribution in [-0.4, -0.2) is 14.1 Å². The Labute approximate surface area is 276 Å². The molecule has 0 saturated heterocycles. The Morgan fingerprint density at radius 1 is 0.354 bits per heavy atom. The zero-order chi connectivity index (χ0) is 31.3. The van der Waals surface area contributed by atoms with Crippen LogP contribution in [0.15, 0.2) is 164 Å². The van der Waals surface area contributed by atoms with Crippen LogP contribution in [0.25, 0.3) is 99.3 Å². The van der Waals surface area contributed by atoms with Gasteiger partial charge in [0.2, 0.25) is 0 Å². The van der Waals surface area contributed by atoms with Gasteiger partial charge in [0.05, 0.1) is 16.6 Å². The molecule has 0 atom stereocenters. The molecule has 0 aliphatic heterocycles. The molecule has 0 radical (unpaired) electrons. The SMILES string of the molecule is c1ccc2c(c1)-c1cccc3cnc4c(c13)c1c-2cccc1n4-c1ccc(-c2ccc(-n3c4ccccc4c4ccccc43)cc2)cc1. The van der Waals surface area contributed by atoms with Crippen molar-refractivity contribution in [2.45, 2.75) is 0 Å². The van der Waals surface area contributed by atoms with E-state index < -0.39 is 0 Å². The molecule has 7 aromatic carbocycles. The number of fused-ring (bicyclic) bond motifs is 6. The van der Waals surface area contributed by atoms with Gasteiger partial charge in [0.25, 0.3) is 0 Å². The van der Waals surface area contributed by atoms with E-state index in [1.54, 1.807) is 0 Å². The van der Waals surface area contributed by atoms with Crippen LogP contribution in [0, 0.1) is 0 Å². The summed E-state index contributed by atoms with van der Waals surface area (Å²) < 4.78 is 4.71. The summed E-state index contributed by atoms with van der Waals surface area (Å²) in [5, 5.41) is 7.51. The first-order valence-corrected chi connectivity index (χ1v) is 16.5. The summed E-state index contributed by atoms with van der Waals surface area (Å²) in [6, 6.07) is 57.3. The molecule has 10 aromatic rings. The van der Waals surface area contributed by atoms with Crippen LogP contribution in [0.2, 0.25) is 0 Å². The van der Waals surface area contributed by atoms with Gasteiger partial charge in [0, 0.05) is 49.9 Å². The predicted molar refractivity (Wildman–Crippen MR) is 200 cm³/mol. The Kier molecular flexibility index (Phi) is 5.11. The summed E-state index contributed by atoms with van der Waals surface area (Å²) in [4.78, 5) is 5.11. The highest BCUT2D eigenvalue weighted by atomic mass is 15.0. The minimum Gasteiger partial charge on any atom is -0.309 e. The Bertz CT molecular complexity index is 2870. The van der Waals surface area contributed by atoms with Crippen molar-refractivity contribution in [3.8, 4) is 44.8 Å². The molecule has 0 unspecified atom stereocenters. The number of benzene rings is 7. The van der Waals surface area contributed by atoms with Gasteiger partial charge in [-0.25, -0.2) is 4.98 Å². The summed E-state index contributed by atoms with van der Waals surface area (Å²) in [5.41, 5.74) is 14.3. The molecule has 0 bridgehead atoms. The van der Waals surface area contributed by atoms with Crippen LogP contribution >= 0.6 is 0 Å². The average molecular weight is 610 g/mol. The number of nitrogens with zero attached hydrogens (tertiary/aromatic N) is 3. The lowest BCUT2D eigenvalue weighted by Gasteiger charge is -2.13. The van der Waals surface area contributed by atoms with Crippen molar-refractivity contribution < 1.29 is 0 Å². The minimum atomic E-state index is 0.994. The van der Waals surface area contributed by atoms with E-state index in [4.69, 9.17) is 4.98 Å². The highest BCUT2D eigenvalue weighted by Gasteiger charge is 2.25. The number of hydrogen-bond donors (Lipinski definition) is 0. The number of aromatic nitrogens is 3. The summed E-state index contributed by atoms with van der Waals surface area (Å²) in [6.07, 6.45) is 2.04. The van der Waals surface area contributed by atoms with Gasteiger partial charge >= 0.3 is 0 Å². The first-order valence-electron chi connectivity index (χ1n) is 16.5. The number of para-hydroxylation sites is 2. The maximum Gasteiger partial charge on any atom is 0.146 e. The van der Waals surface area contributed by atoms with Crippen LogP contribution in [0.3, 0.4) is 0 Å². The van der Waals surface area contributed by atoms with Crippen molar-refractivity contribution in [2.24, 2.45) is 0 Å². The van der Waals surface area contributed by atoms with Gasteiger partial charge in [-0.05, 0) is 75.8 Å². The molecular formula is C45H27N3. The molecule has 3 aromatic heterocycles. The Hall–Kier alpha value is -6.45. The minimum absolute atomic E-state index is 0.994. The van der Waals surface area contributed by atoms with E-state index in [1.807, 2.05) is 6.20 Å². The third-order valence-electron chi connectivity index (χ3n) is 10.3. The molecule has 222 valence electrons. The summed E-state index contributed by atoms with van der Waals surface area (Å²) in [5.74, 6) is 0. The molecule has 11 rings (SSSR count). The van der Waals surface area contributed by atoms with Gasteiger partial charge in [-0.1, -0.05) is 115 Å². The van der Waals surface area contributed by atoms with Crippen LogP contribution in [-0.2, 0) is 0 Å². The number of hydrogen-bond acceptors (Lipinski definition) is 1. The summed E-state index contributed by atoms with van der Waals surface area (Å²) in [6.45, 7) is 0. The normalized spacial score (nSPS) is 12.2. The zero-order valence-electron chi connectivity index (χ0n) is 25.9. The van der Waals surface area contributed by atoms with Gasteiger partial charge in [0.15, 0.2) is 0 Å². The second kappa shape index (κ2) is 9.54. The maximum absolute atomic E-state index is 5.11. The number of pyridine rings is 1. The predicted octanol–water partition coefficient (Wildman–Crippen LogP) is 11.7. The van der Waals surface area contributed by atoms with Crippen molar-refractivity contribution >= 4 is 54.5 Å². The molecule has 0 amide bonds. The largest absolute Gasteiger partial charge is 0.309 e. The topological polar surface area (TPSA) is 22.8 Å². The Morgan fingerprint density at radius 2 is 0.854 bits per heavy atom. The van der Waals surface area contributed by atoms with E-state index >= 15 is 0 Å². The standard InChI is InChI=1S/C45H27N3/c1-2-11-34-33(10-1)37-14-7-9-30-27-46-45-44(42(30)37)43-38(34)15-8-18-41(43)48(45)32-25-21-29(22-26-32)28-19-23-31(24-20-28)47-39-16-5-3-12-35(39)36-13-4-6-17-40(36)47/h1-27H. The monoisotopic (exact) mass is 609 g/mol. The molecule has 0 fully saturated rings. The van der Waals surface area contributed by atoms with Crippen LogP contribution in [0.5, 0.6) is 0 Å². The second-order valence-corrected chi connectivity index (χ2v) is 12.8. The Balaban J connectivity index is 1.05.